The van der Waals surface area contributed by atoms with Crippen molar-refractivity contribution in [1.29, 1.82) is 0 Å². The lowest BCUT2D eigenvalue weighted by Gasteiger charge is -2.15. The summed E-state index contributed by atoms with van der Waals surface area (Å²) < 4.78 is 10.7. The molecular weight excluding hydrogens is 280 g/mol. The molecule has 1 aromatic heterocycles. The molecule has 0 saturated carbocycles. The van der Waals surface area contributed by atoms with Gasteiger partial charge < -0.3 is 14.8 Å². The number of hydrogen-bond donors (Lipinski definition) is 1. The Balaban J connectivity index is 2.12. The number of carbonyl (C=O) groups is 1. The largest absolute Gasteiger partial charge is 0.493 e. The number of nitrogens with one attached hydrogen (secondary N) is 1. The van der Waals surface area contributed by atoms with E-state index < -0.39 is 0 Å². The summed E-state index contributed by atoms with van der Waals surface area (Å²) in [4.78, 5) is 16.6. The Morgan fingerprint density at radius 3 is 2.73 bits per heavy atom. The van der Waals surface area contributed by atoms with E-state index in [1.54, 1.807) is 31.5 Å². The highest BCUT2D eigenvalue weighted by atomic mass is 16.5. The average Bonchev–Trinajstić information content (AvgIpc) is 2.56. The first kappa shape index (κ1) is 15.8. The third-order valence-corrected chi connectivity index (χ3v) is 3.20. The maximum atomic E-state index is 12.3. The highest BCUT2D eigenvalue weighted by molar-refractivity contribution is 5.95. The van der Waals surface area contributed by atoms with Crippen molar-refractivity contribution in [1.82, 2.24) is 10.3 Å². The van der Waals surface area contributed by atoms with Gasteiger partial charge in [0.05, 0.1) is 25.5 Å². The van der Waals surface area contributed by atoms with Crippen LogP contribution in [0.1, 0.15) is 35.9 Å². The van der Waals surface area contributed by atoms with Gasteiger partial charge in [-0.15, -0.1) is 0 Å². The molecule has 1 atom stereocenters. The van der Waals surface area contributed by atoms with E-state index >= 15 is 0 Å². The second kappa shape index (κ2) is 7.45. The van der Waals surface area contributed by atoms with Gasteiger partial charge in [0.15, 0.2) is 11.5 Å². The fraction of sp³-hybridized carbons (Fsp3) is 0.294. The minimum atomic E-state index is -0.181. The zero-order chi connectivity index (χ0) is 15.9. The predicted molar refractivity (Wildman–Crippen MR) is 84.3 cm³/mol. The van der Waals surface area contributed by atoms with Gasteiger partial charge in [-0.1, -0.05) is 6.07 Å². The fourth-order valence-electron chi connectivity index (χ4n) is 2.07. The minimum absolute atomic E-state index is 0.175. The molecule has 0 spiro atoms. The van der Waals surface area contributed by atoms with Gasteiger partial charge >= 0.3 is 0 Å². The van der Waals surface area contributed by atoms with Crippen molar-refractivity contribution in [2.24, 2.45) is 0 Å². The Morgan fingerprint density at radius 1 is 1.27 bits per heavy atom. The summed E-state index contributed by atoms with van der Waals surface area (Å²) in [6.07, 6.45) is 1.71. The Kier molecular flexibility index (Phi) is 5.36. The summed E-state index contributed by atoms with van der Waals surface area (Å²) in [7, 11) is 1.55. The highest BCUT2D eigenvalue weighted by Gasteiger charge is 2.14. The quantitative estimate of drug-likeness (QED) is 0.891. The molecule has 0 fully saturated rings. The molecule has 1 unspecified atom stereocenters. The van der Waals surface area contributed by atoms with Crippen LogP contribution in [-0.2, 0) is 0 Å². The van der Waals surface area contributed by atoms with Crippen molar-refractivity contribution in [2.45, 2.75) is 19.9 Å². The van der Waals surface area contributed by atoms with E-state index in [1.807, 2.05) is 32.0 Å². The number of ether oxygens (including phenoxy) is 2. The minimum Gasteiger partial charge on any atom is -0.493 e. The lowest BCUT2D eigenvalue weighted by atomic mass is 10.1. The molecule has 0 aliphatic rings. The molecule has 116 valence electrons. The first-order chi connectivity index (χ1) is 10.7. The van der Waals surface area contributed by atoms with Crippen molar-refractivity contribution < 1.29 is 14.3 Å². The zero-order valence-electron chi connectivity index (χ0n) is 13.0. The van der Waals surface area contributed by atoms with E-state index in [0.717, 1.165) is 5.69 Å². The lowest BCUT2D eigenvalue weighted by molar-refractivity contribution is 0.0938. The second-order valence-corrected chi connectivity index (χ2v) is 4.75. The fourth-order valence-corrected chi connectivity index (χ4v) is 2.07. The van der Waals surface area contributed by atoms with Gasteiger partial charge in [0.2, 0.25) is 0 Å². The molecule has 1 N–H and O–H groups in total. The molecule has 1 heterocycles. The maximum absolute atomic E-state index is 12.3. The summed E-state index contributed by atoms with van der Waals surface area (Å²) in [6.45, 7) is 4.33. The van der Waals surface area contributed by atoms with Crippen molar-refractivity contribution in [3.05, 3.63) is 53.9 Å². The number of benzene rings is 1. The molecule has 1 amide bonds. The molecule has 0 bridgehead atoms. The molecule has 2 rings (SSSR count). The highest BCUT2D eigenvalue weighted by Crippen LogP contribution is 2.28. The topological polar surface area (TPSA) is 60.5 Å². The van der Waals surface area contributed by atoms with E-state index in [1.165, 1.54) is 0 Å². The van der Waals surface area contributed by atoms with E-state index in [9.17, 15) is 4.79 Å². The summed E-state index contributed by atoms with van der Waals surface area (Å²) in [6, 6.07) is 10.6. The lowest BCUT2D eigenvalue weighted by Crippen LogP contribution is -2.27. The molecule has 0 radical (unpaired) electrons. The van der Waals surface area contributed by atoms with Gasteiger partial charge in [-0.25, -0.2) is 0 Å². The summed E-state index contributed by atoms with van der Waals surface area (Å²) >= 11 is 0. The monoisotopic (exact) mass is 300 g/mol. The summed E-state index contributed by atoms with van der Waals surface area (Å²) in [5.74, 6) is 0.985. The SMILES string of the molecule is CCOc1ccc(C(=O)NC(C)c2ccccn2)cc1OC. The number of carbonyl (C=O) groups excluding carboxylic acids is 1. The molecule has 0 saturated heterocycles. The van der Waals surface area contributed by atoms with Crippen LogP contribution < -0.4 is 14.8 Å². The standard InChI is InChI=1S/C17H20N2O3/c1-4-22-15-9-8-13(11-16(15)21-3)17(20)19-12(2)14-7-5-6-10-18-14/h5-12H,4H2,1-3H3,(H,19,20). The van der Waals surface area contributed by atoms with Crippen LogP contribution in [0.15, 0.2) is 42.6 Å². The third kappa shape index (κ3) is 3.75. The van der Waals surface area contributed by atoms with Crippen LogP contribution in [0, 0.1) is 0 Å². The molecule has 0 aliphatic heterocycles. The van der Waals surface area contributed by atoms with Gasteiger partial charge in [-0.2, -0.15) is 0 Å². The number of amides is 1. The zero-order valence-corrected chi connectivity index (χ0v) is 13.0. The van der Waals surface area contributed by atoms with Crippen molar-refractivity contribution in [2.75, 3.05) is 13.7 Å². The van der Waals surface area contributed by atoms with E-state index in [-0.39, 0.29) is 11.9 Å². The van der Waals surface area contributed by atoms with Crippen molar-refractivity contribution in [3.8, 4) is 11.5 Å². The smallest absolute Gasteiger partial charge is 0.251 e. The van der Waals surface area contributed by atoms with Gasteiger partial charge in [-0.05, 0) is 44.2 Å². The van der Waals surface area contributed by atoms with Crippen LogP contribution in [0.2, 0.25) is 0 Å². The number of rotatable bonds is 6. The van der Waals surface area contributed by atoms with Crippen molar-refractivity contribution in [3.63, 3.8) is 0 Å². The molecule has 1 aromatic carbocycles. The average molecular weight is 300 g/mol. The van der Waals surface area contributed by atoms with Gasteiger partial charge in [0, 0.05) is 11.8 Å². The molecule has 0 aliphatic carbocycles. The van der Waals surface area contributed by atoms with Crippen LogP contribution in [0.3, 0.4) is 0 Å². The number of methoxy groups -OCH3 is 1. The van der Waals surface area contributed by atoms with E-state index in [2.05, 4.69) is 10.3 Å². The summed E-state index contributed by atoms with van der Waals surface area (Å²) in [5.41, 5.74) is 1.33. The van der Waals surface area contributed by atoms with Crippen LogP contribution in [-0.4, -0.2) is 24.6 Å². The summed E-state index contributed by atoms with van der Waals surface area (Å²) in [5, 5.41) is 2.92. The number of nitrogens with zero attached hydrogens (tertiary/aromatic N) is 1. The number of hydrogen-bond acceptors (Lipinski definition) is 4. The number of aromatic nitrogens is 1. The Morgan fingerprint density at radius 2 is 2.09 bits per heavy atom. The molecule has 5 heteroatoms. The Bertz CT molecular complexity index is 629. The molecule has 22 heavy (non-hydrogen) atoms. The molecule has 2 aromatic rings. The van der Waals surface area contributed by atoms with Gasteiger partial charge in [0.1, 0.15) is 0 Å². The first-order valence-electron chi connectivity index (χ1n) is 7.18. The van der Waals surface area contributed by atoms with Gasteiger partial charge in [0.25, 0.3) is 5.91 Å². The van der Waals surface area contributed by atoms with Gasteiger partial charge in [-0.3, -0.25) is 9.78 Å². The van der Waals surface area contributed by atoms with E-state index in [0.29, 0.717) is 23.7 Å². The number of pyridine rings is 1. The molecule has 5 nitrogen and oxygen atoms in total. The second-order valence-electron chi connectivity index (χ2n) is 4.75. The Labute approximate surface area is 130 Å². The predicted octanol–water partition coefficient (Wildman–Crippen LogP) is 2.98. The van der Waals surface area contributed by atoms with E-state index in [4.69, 9.17) is 9.47 Å². The first-order valence-corrected chi connectivity index (χ1v) is 7.18. The van der Waals surface area contributed by atoms with Crippen LogP contribution in [0.5, 0.6) is 11.5 Å². The normalized spacial score (nSPS) is 11.6. The van der Waals surface area contributed by atoms with Crippen LogP contribution in [0.25, 0.3) is 0 Å². The Hall–Kier alpha value is -2.56. The molecular formula is C17H20N2O3. The third-order valence-electron chi connectivity index (χ3n) is 3.20. The van der Waals surface area contributed by atoms with Crippen LogP contribution in [0.4, 0.5) is 0 Å². The van der Waals surface area contributed by atoms with Crippen LogP contribution >= 0.6 is 0 Å². The van der Waals surface area contributed by atoms with Crippen molar-refractivity contribution >= 4 is 5.91 Å². The maximum Gasteiger partial charge on any atom is 0.251 e.